The van der Waals surface area contributed by atoms with Crippen LogP contribution in [0.1, 0.15) is 39.8 Å². The zero-order chi connectivity index (χ0) is 24.2. The van der Waals surface area contributed by atoms with Crippen molar-refractivity contribution in [3.05, 3.63) is 60.6 Å². The van der Waals surface area contributed by atoms with Crippen molar-refractivity contribution >= 4 is 26.8 Å². The molecule has 178 valence electrons. The van der Waals surface area contributed by atoms with Crippen molar-refractivity contribution in [2.45, 2.75) is 51.6 Å². The van der Waals surface area contributed by atoms with Crippen molar-refractivity contribution in [1.29, 1.82) is 0 Å². The highest BCUT2D eigenvalue weighted by Gasteiger charge is 2.33. The summed E-state index contributed by atoms with van der Waals surface area (Å²) in [5.41, 5.74) is 1.42. The maximum atomic E-state index is 13.8. The van der Waals surface area contributed by atoms with Gasteiger partial charge < -0.3 is 9.47 Å². The number of fused-ring (bicyclic) bond motifs is 1. The average molecular weight is 471 g/mol. The van der Waals surface area contributed by atoms with Gasteiger partial charge >= 0.3 is 0 Å². The van der Waals surface area contributed by atoms with Crippen LogP contribution >= 0.6 is 0 Å². The lowest BCUT2D eigenvalue weighted by Gasteiger charge is -2.31. The summed E-state index contributed by atoms with van der Waals surface area (Å²) in [6.07, 6.45) is 4.12. The van der Waals surface area contributed by atoms with Gasteiger partial charge in [0.2, 0.25) is 15.9 Å². The number of para-hydroxylation sites is 1. The van der Waals surface area contributed by atoms with E-state index in [1.165, 1.54) is 4.31 Å². The van der Waals surface area contributed by atoms with Crippen molar-refractivity contribution in [2.24, 2.45) is 13.0 Å². The second-order valence-electron chi connectivity index (χ2n) is 8.92. The number of sulfonamides is 1. The van der Waals surface area contributed by atoms with E-state index < -0.39 is 10.0 Å². The molecule has 0 spiro atoms. The Hall–Kier alpha value is -2.71. The molecular weight excluding hydrogens is 436 g/mol. The Kier molecular flexibility index (Phi) is 7.92. The third kappa shape index (κ3) is 5.62. The summed E-state index contributed by atoms with van der Waals surface area (Å²) in [4.78, 5) is 19.7. The Morgan fingerprint density at radius 1 is 1.09 bits per heavy atom. The molecule has 2 heterocycles. The fourth-order valence-electron chi connectivity index (χ4n) is 3.88. The Labute approximate surface area is 197 Å². The molecule has 0 N–H and O–H groups in total. The van der Waals surface area contributed by atoms with E-state index in [0.29, 0.717) is 25.0 Å². The van der Waals surface area contributed by atoms with E-state index in [4.69, 9.17) is 0 Å². The molecule has 8 heteroatoms. The topological polar surface area (TPSA) is 75.5 Å². The third-order valence-electron chi connectivity index (χ3n) is 5.90. The predicted molar refractivity (Wildman–Crippen MR) is 131 cm³/mol. The van der Waals surface area contributed by atoms with Crippen LogP contribution in [0.5, 0.6) is 0 Å². The smallest absolute Gasteiger partial charge is 0.245 e. The van der Waals surface area contributed by atoms with Gasteiger partial charge in [0.25, 0.3) is 0 Å². The molecule has 2 aromatic heterocycles. The highest BCUT2D eigenvalue weighted by atomic mass is 32.2. The van der Waals surface area contributed by atoms with Crippen LogP contribution in [0.15, 0.2) is 59.8 Å². The molecule has 1 amide bonds. The first-order valence-electron chi connectivity index (χ1n) is 11.4. The lowest BCUT2D eigenvalue weighted by atomic mass is 10.2. The number of benzene rings is 1. The van der Waals surface area contributed by atoms with Crippen molar-refractivity contribution < 1.29 is 13.2 Å². The highest BCUT2D eigenvalue weighted by molar-refractivity contribution is 7.89. The molecule has 0 aliphatic heterocycles. The van der Waals surface area contributed by atoms with E-state index in [1.54, 1.807) is 29.3 Å². The van der Waals surface area contributed by atoms with Crippen molar-refractivity contribution in [3.8, 4) is 0 Å². The number of aryl methyl sites for hydroxylation is 1. The monoisotopic (exact) mass is 470 g/mol. The molecule has 0 fully saturated rings. The molecule has 0 aliphatic rings. The summed E-state index contributed by atoms with van der Waals surface area (Å²) < 4.78 is 30.9. The number of nitrogens with zero attached hydrogens (tertiary/aromatic N) is 4. The van der Waals surface area contributed by atoms with Gasteiger partial charge in [0, 0.05) is 43.1 Å². The molecule has 3 rings (SSSR count). The van der Waals surface area contributed by atoms with Gasteiger partial charge in [0.15, 0.2) is 0 Å². The molecule has 0 aliphatic carbocycles. The Morgan fingerprint density at radius 2 is 1.82 bits per heavy atom. The lowest BCUT2D eigenvalue weighted by molar-refractivity contribution is -0.133. The number of carbonyl (C=O) groups excluding carboxylic acids is 1. The number of aromatic nitrogens is 2. The Balaban J connectivity index is 1.96. The normalized spacial score (nSPS) is 13.1. The zero-order valence-corrected chi connectivity index (χ0v) is 20.9. The Bertz CT molecular complexity index is 1200. The molecule has 0 saturated heterocycles. The van der Waals surface area contributed by atoms with Crippen LogP contribution in [0.25, 0.3) is 10.9 Å². The van der Waals surface area contributed by atoms with Gasteiger partial charge in [-0.3, -0.25) is 9.78 Å². The van der Waals surface area contributed by atoms with E-state index in [9.17, 15) is 13.2 Å². The van der Waals surface area contributed by atoms with Crippen LogP contribution in [-0.4, -0.2) is 52.2 Å². The van der Waals surface area contributed by atoms with E-state index in [2.05, 4.69) is 18.8 Å². The van der Waals surface area contributed by atoms with Crippen LogP contribution in [0, 0.1) is 5.92 Å². The number of hydrogen-bond donors (Lipinski definition) is 0. The SMILES string of the molecule is CCC(C)N(CC(=O)N(Cc1cccn1C)CC(C)C)S(=O)(=O)c1cccc2cccnc12. The molecule has 0 bridgehead atoms. The van der Waals surface area contributed by atoms with Gasteiger partial charge in [-0.1, -0.05) is 39.0 Å². The molecule has 0 radical (unpaired) electrons. The minimum Gasteiger partial charge on any atom is -0.353 e. The van der Waals surface area contributed by atoms with E-state index in [1.807, 2.05) is 55.9 Å². The molecule has 0 saturated carbocycles. The third-order valence-corrected chi connectivity index (χ3v) is 7.89. The van der Waals surface area contributed by atoms with Gasteiger partial charge in [-0.15, -0.1) is 0 Å². The zero-order valence-electron chi connectivity index (χ0n) is 20.1. The predicted octanol–water partition coefficient (Wildman–Crippen LogP) is 4.05. The summed E-state index contributed by atoms with van der Waals surface area (Å²) in [6, 6.07) is 12.3. The molecule has 1 aromatic carbocycles. The van der Waals surface area contributed by atoms with E-state index >= 15 is 0 Å². The van der Waals surface area contributed by atoms with Gasteiger partial charge in [-0.2, -0.15) is 4.31 Å². The average Bonchev–Trinajstić information content (AvgIpc) is 3.19. The maximum absolute atomic E-state index is 13.8. The van der Waals surface area contributed by atoms with Gasteiger partial charge in [-0.05, 0) is 43.5 Å². The standard InChI is InChI=1S/C25H34N4O3S/c1-6-20(4)29(33(31,32)23-13-7-10-21-11-8-14-26-25(21)23)18-24(30)28(16-19(2)3)17-22-12-9-15-27(22)5/h7-15,19-20H,6,16-18H2,1-5H3. The molecule has 1 unspecified atom stereocenters. The van der Waals surface area contributed by atoms with Crippen LogP contribution in [-0.2, 0) is 28.4 Å². The number of pyridine rings is 1. The minimum absolute atomic E-state index is 0.131. The Morgan fingerprint density at radius 3 is 2.45 bits per heavy atom. The fraction of sp³-hybridized carbons (Fsp3) is 0.440. The molecular formula is C25H34N4O3S. The first-order chi connectivity index (χ1) is 15.6. The second kappa shape index (κ2) is 10.5. The van der Waals surface area contributed by atoms with Crippen LogP contribution in [0.3, 0.4) is 0 Å². The quantitative estimate of drug-likeness (QED) is 0.448. The summed E-state index contributed by atoms with van der Waals surface area (Å²) in [5, 5.41) is 0.749. The largest absolute Gasteiger partial charge is 0.353 e. The van der Waals surface area contributed by atoms with Crippen molar-refractivity contribution in [2.75, 3.05) is 13.1 Å². The molecule has 33 heavy (non-hydrogen) atoms. The highest BCUT2D eigenvalue weighted by Crippen LogP contribution is 2.26. The number of rotatable bonds is 10. The minimum atomic E-state index is -3.95. The van der Waals surface area contributed by atoms with Crippen LogP contribution < -0.4 is 0 Å². The number of amides is 1. The van der Waals surface area contributed by atoms with E-state index in [-0.39, 0.29) is 29.3 Å². The summed E-state index contributed by atoms with van der Waals surface area (Å²) in [7, 11) is -2.01. The first kappa shape index (κ1) is 24.9. The van der Waals surface area contributed by atoms with Gasteiger partial charge in [0.1, 0.15) is 4.90 Å². The lowest BCUT2D eigenvalue weighted by Crippen LogP contribution is -2.47. The summed E-state index contributed by atoms with van der Waals surface area (Å²) in [6.45, 7) is 8.64. The van der Waals surface area contributed by atoms with Crippen molar-refractivity contribution in [3.63, 3.8) is 0 Å². The maximum Gasteiger partial charge on any atom is 0.245 e. The molecule has 1 atom stereocenters. The number of hydrogen-bond acceptors (Lipinski definition) is 4. The fourth-order valence-corrected chi connectivity index (χ4v) is 5.70. The summed E-state index contributed by atoms with van der Waals surface area (Å²) in [5.74, 6) is 0.0483. The molecule has 7 nitrogen and oxygen atoms in total. The summed E-state index contributed by atoms with van der Waals surface area (Å²) >= 11 is 0. The van der Waals surface area contributed by atoms with Gasteiger partial charge in [-0.25, -0.2) is 8.42 Å². The van der Waals surface area contributed by atoms with Gasteiger partial charge in [0.05, 0.1) is 18.6 Å². The molecule has 3 aromatic rings. The van der Waals surface area contributed by atoms with Crippen LogP contribution in [0.4, 0.5) is 0 Å². The second-order valence-corrected chi connectivity index (χ2v) is 10.8. The van der Waals surface area contributed by atoms with Crippen molar-refractivity contribution in [1.82, 2.24) is 18.8 Å². The van der Waals surface area contributed by atoms with Crippen LogP contribution in [0.2, 0.25) is 0 Å². The first-order valence-corrected chi connectivity index (χ1v) is 12.8. The van der Waals surface area contributed by atoms with E-state index in [0.717, 1.165) is 11.1 Å². The number of carbonyl (C=O) groups is 1.